The van der Waals surface area contributed by atoms with Crippen LogP contribution >= 0.6 is 27.7 Å². The summed E-state index contributed by atoms with van der Waals surface area (Å²) in [6.07, 6.45) is 2.59. The molecule has 0 fully saturated rings. The molecule has 1 atom stereocenters. The fourth-order valence-electron chi connectivity index (χ4n) is 1.40. The molecule has 17 heavy (non-hydrogen) atoms. The standard InChI is InChI=1S/C12H16BrNO2S/c1-2-3-4-11(12(15)16)17-10-6-5-8(13)7-9(10)14/h5-7,11H,2-4,14H2,1H3,(H,15,16). The minimum atomic E-state index is -0.772. The van der Waals surface area contributed by atoms with E-state index in [9.17, 15) is 4.79 Å². The molecule has 3 N–H and O–H groups in total. The second kappa shape index (κ2) is 6.91. The Kier molecular flexibility index (Phi) is 5.85. The van der Waals surface area contributed by atoms with Gasteiger partial charge in [-0.15, -0.1) is 11.8 Å². The summed E-state index contributed by atoms with van der Waals surface area (Å²) in [5, 5.41) is 8.72. The van der Waals surface area contributed by atoms with Crippen molar-refractivity contribution >= 4 is 39.3 Å². The maximum absolute atomic E-state index is 11.1. The van der Waals surface area contributed by atoms with Gasteiger partial charge in [-0.2, -0.15) is 0 Å². The number of nitrogen functional groups attached to an aromatic ring is 1. The fourth-order valence-corrected chi connectivity index (χ4v) is 2.81. The van der Waals surface area contributed by atoms with Crippen LogP contribution in [0, 0.1) is 0 Å². The summed E-state index contributed by atoms with van der Waals surface area (Å²) in [6, 6.07) is 5.52. The van der Waals surface area contributed by atoms with Crippen LogP contribution in [0.25, 0.3) is 0 Å². The zero-order valence-corrected chi connectivity index (χ0v) is 12.1. The number of nitrogens with two attached hydrogens (primary N) is 1. The fraction of sp³-hybridized carbons (Fsp3) is 0.417. The second-order valence-electron chi connectivity index (χ2n) is 3.77. The zero-order valence-electron chi connectivity index (χ0n) is 9.65. The van der Waals surface area contributed by atoms with E-state index in [1.165, 1.54) is 11.8 Å². The molecule has 0 saturated heterocycles. The number of unbranched alkanes of at least 4 members (excludes halogenated alkanes) is 1. The van der Waals surface area contributed by atoms with Gasteiger partial charge >= 0.3 is 5.97 Å². The minimum Gasteiger partial charge on any atom is -0.480 e. The number of carboxylic acid groups (broad SMARTS) is 1. The topological polar surface area (TPSA) is 63.3 Å². The van der Waals surface area contributed by atoms with Gasteiger partial charge in [0, 0.05) is 15.1 Å². The number of rotatable bonds is 6. The first-order valence-corrected chi connectivity index (χ1v) is 7.16. The lowest BCUT2D eigenvalue weighted by Gasteiger charge is -2.13. The number of carbonyl (C=O) groups is 1. The van der Waals surface area contributed by atoms with Crippen molar-refractivity contribution in [2.75, 3.05) is 5.73 Å². The number of aliphatic carboxylic acids is 1. The van der Waals surface area contributed by atoms with Crippen LogP contribution in [0.2, 0.25) is 0 Å². The molecule has 0 aliphatic rings. The molecule has 1 aromatic rings. The average molecular weight is 318 g/mol. The number of anilines is 1. The summed E-state index contributed by atoms with van der Waals surface area (Å²) in [5.74, 6) is -0.772. The van der Waals surface area contributed by atoms with Crippen molar-refractivity contribution in [3.8, 4) is 0 Å². The van der Waals surface area contributed by atoms with Crippen LogP contribution in [0.1, 0.15) is 26.2 Å². The van der Waals surface area contributed by atoms with Gasteiger partial charge in [-0.25, -0.2) is 0 Å². The molecule has 0 aliphatic heterocycles. The molecule has 5 heteroatoms. The first-order valence-electron chi connectivity index (χ1n) is 5.49. The Morgan fingerprint density at radius 1 is 1.59 bits per heavy atom. The lowest BCUT2D eigenvalue weighted by atomic mass is 10.2. The predicted octanol–water partition coefficient (Wildman–Crippen LogP) is 3.77. The van der Waals surface area contributed by atoms with E-state index in [-0.39, 0.29) is 0 Å². The summed E-state index contributed by atoms with van der Waals surface area (Å²) >= 11 is 4.65. The Morgan fingerprint density at radius 2 is 2.29 bits per heavy atom. The maximum atomic E-state index is 11.1. The molecule has 0 heterocycles. The van der Waals surface area contributed by atoms with Gasteiger partial charge in [0.1, 0.15) is 5.25 Å². The maximum Gasteiger partial charge on any atom is 0.316 e. The normalized spacial score (nSPS) is 12.4. The highest BCUT2D eigenvalue weighted by atomic mass is 79.9. The quantitative estimate of drug-likeness (QED) is 0.619. The lowest BCUT2D eigenvalue weighted by Crippen LogP contribution is -2.16. The van der Waals surface area contributed by atoms with Gasteiger partial charge in [-0.1, -0.05) is 35.7 Å². The van der Waals surface area contributed by atoms with Crippen LogP contribution in [0.5, 0.6) is 0 Å². The molecule has 1 unspecified atom stereocenters. The summed E-state index contributed by atoms with van der Waals surface area (Å²) in [4.78, 5) is 11.9. The number of thioether (sulfide) groups is 1. The number of benzene rings is 1. The third-order valence-electron chi connectivity index (χ3n) is 2.34. The minimum absolute atomic E-state index is 0.418. The monoisotopic (exact) mass is 317 g/mol. The van der Waals surface area contributed by atoms with E-state index >= 15 is 0 Å². The largest absolute Gasteiger partial charge is 0.480 e. The molecule has 0 bridgehead atoms. The Balaban J connectivity index is 2.75. The first-order chi connectivity index (χ1) is 8.04. The molecule has 1 rings (SSSR count). The van der Waals surface area contributed by atoms with E-state index in [0.717, 1.165) is 22.2 Å². The van der Waals surface area contributed by atoms with E-state index in [1.54, 1.807) is 6.07 Å². The highest BCUT2D eigenvalue weighted by Gasteiger charge is 2.19. The van der Waals surface area contributed by atoms with Crippen LogP contribution in [-0.4, -0.2) is 16.3 Å². The molecule has 0 saturated carbocycles. The molecule has 1 aromatic carbocycles. The molecule has 94 valence electrons. The van der Waals surface area contributed by atoms with Gasteiger partial charge in [0.25, 0.3) is 0 Å². The Labute approximate surface area is 114 Å². The van der Waals surface area contributed by atoms with Gasteiger partial charge < -0.3 is 10.8 Å². The van der Waals surface area contributed by atoms with E-state index < -0.39 is 11.2 Å². The van der Waals surface area contributed by atoms with Crippen LogP contribution in [-0.2, 0) is 4.79 Å². The van der Waals surface area contributed by atoms with Crippen molar-refractivity contribution in [2.24, 2.45) is 0 Å². The zero-order chi connectivity index (χ0) is 12.8. The summed E-state index contributed by atoms with van der Waals surface area (Å²) in [5.41, 5.74) is 6.47. The first kappa shape index (κ1) is 14.4. The molecule has 0 aromatic heterocycles. The van der Waals surface area contributed by atoms with E-state index in [4.69, 9.17) is 10.8 Å². The third-order valence-corrected chi connectivity index (χ3v) is 4.18. The second-order valence-corrected chi connectivity index (χ2v) is 5.93. The van der Waals surface area contributed by atoms with E-state index in [0.29, 0.717) is 12.1 Å². The predicted molar refractivity (Wildman–Crippen MR) is 75.4 cm³/mol. The Hall–Kier alpha value is -0.680. The summed E-state index contributed by atoms with van der Waals surface area (Å²) in [6.45, 7) is 2.05. The Bertz CT molecular complexity index is 398. The van der Waals surface area contributed by atoms with Crippen molar-refractivity contribution in [1.82, 2.24) is 0 Å². The van der Waals surface area contributed by atoms with Crippen LogP contribution in [0.3, 0.4) is 0 Å². The van der Waals surface area contributed by atoms with Crippen LogP contribution in [0.4, 0.5) is 5.69 Å². The molecule has 0 spiro atoms. The van der Waals surface area contributed by atoms with E-state index in [2.05, 4.69) is 22.9 Å². The highest BCUT2D eigenvalue weighted by molar-refractivity contribution is 9.10. The number of hydrogen-bond donors (Lipinski definition) is 2. The lowest BCUT2D eigenvalue weighted by molar-refractivity contribution is -0.136. The highest BCUT2D eigenvalue weighted by Crippen LogP contribution is 2.32. The van der Waals surface area contributed by atoms with E-state index in [1.807, 2.05) is 12.1 Å². The average Bonchev–Trinajstić information content (AvgIpc) is 2.26. The Morgan fingerprint density at radius 3 is 2.82 bits per heavy atom. The van der Waals surface area contributed by atoms with Crippen LogP contribution < -0.4 is 5.73 Å². The smallest absolute Gasteiger partial charge is 0.316 e. The van der Waals surface area contributed by atoms with Crippen molar-refractivity contribution in [1.29, 1.82) is 0 Å². The molecule has 0 aliphatic carbocycles. The summed E-state index contributed by atoms with van der Waals surface area (Å²) in [7, 11) is 0. The third kappa shape index (κ3) is 4.60. The van der Waals surface area contributed by atoms with Gasteiger partial charge in [-0.05, 0) is 24.6 Å². The number of halogens is 1. The molecule has 3 nitrogen and oxygen atoms in total. The molecule has 0 radical (unpaired) electrons. The van der Waals surface area contributed by atoms with Crippen LogP contribution in [0.15, 0.2) is 27.6 Å². The molecular weight excluding hydrogens is 302 g/mol. The van der Waals surface area contributed by atoms with Crippen molar-refractivity contribution < 1.29 is 9.90 Å². The van der Waals surface area contributed by atoms with Gasteiger partial charge in [-0.3, -0.25) is 4.79 Å². The van der Waals surface area contributed by atoms with Crippen molar-refractivity contribution in [2.45, 2.75) is 36.3 Å². The number of hydrogen-bond acceptors (Lipinski definition) is 3. The molecular formula is C12H16BrNO2S. The molecule has 0 amide bonds. The number of carboxylic acids is 1. The van der Waals surface area contributed by atoms with Crippen molar-refractivity contribution in [3.05, 3.63) is 22.7 Å². The van der Waals surface area contributed by atoms with Gasteiger partial charge in [0.05, 0.1) is 0 Å². The van der Waals surface area contributed by atoms with Gasteiger partial charge in [0.15, 0.2) is 0 Å². The summed E-state index contributed by atoms with van der Waals surface area (Å²) < 4.78 is 0.903. The van der Waals surface area contributed by atoms with Gasteiger partial charge in [0.2, 0.25) is 0 Å². The van der Waals surface area contributed by atoms with Crippen molar-refractivity contribution in [3.63, 3.8) is 0 Å². The SMILES string of the molecule is CCCCC(Sc1ccc(Br)cc1N)C(=O)O.